The maximum Gasteiger partial charge on any atom is 0.345 e. The van der Waals surface area contributed by atoms with Crippen molar-refractivity contribution in [2.75, 3.05) is 0 Å². The van der Waals surface area contributed by atoms with Gasteiger partial charge in [0.25, 0.3) is 0 Å². The van der Waals surface area contributed by atoms with Crippen LogP contribution in [0.2, 0.25) is 0 Å². The van der Waals surface area contributed by atoms with Gasteiger partial charge in [-0.2, -0.15) is 5.26 Å². The molecule has 0 unspecified atom stereocenters. The Labute approximate surface area is 214 Å². The molecular formula is C29H28N2O6. The number of rotatable bonds is 4. The minimum atomic E-state index is -1.15. The third-order valence-corrected chi connectivity index (χ3v) is 7.79. The molecule has 0 bridgehead atoms. The molecule has 3 heterocycles. The number of aliphatic hydroxyl groups excluding tert-OH is 1. The van der Waals surface area contributed by atoms with E-state index in [1.165, 1.54) is 0 Å². The molecule has 3 aromatic rings. The van der Waals surface area contributed by atoms with Gasteiger partial charge >= 0.3 is 11.6 Å². The van der Waals surface area contributed by atoms with Crippen molar-refractivity contribution < 1.29 is 23.8 Å². The molecule has 1 aliphatic carbocycles. The lowest BCUT2D eigenvalue weighted by molar-refractivity contribution is -0.170. The molecule has 5 atom stereocenters. The highest BCUT2D eigenvalue weighted by molar-refractivity contribution is 5.89. The number of nitrogens with zero attached hydrogens (tertiary/aromatic N) is 2. The third-order valence-electron chi connectivity index (χ3n) is 7.79. The van der Waals surface area contributed by atoms with Gasteiger partial charge in [0.1, 0.15) is 28.8 Å². The molecule has 8 heteroatoms. The second kappa shape index (κ2) is 9.49. The SMILES string of the molecule is CC(C)[C@@H]1C[C@H](OC(=O)c2ccc(C#N)cc2)[C@@]2(C)Oc3cc(-c4cccnc4)oc(=O)c3[C@@H](O)[C@@H]2C1. The van der Waals surface area contributed by atoms with Crippen LogP contribution in [0.1, 0.15) is 61.2 Å². The number of fused-ring (bicyclic) bond motifs is 2. The highest BCUT2D eigenvalue weighted by Crippen LogP contribution is 2.53. The predicted octanol–water partition coefficient (Wildman–Crippen LogP) is 4.67. The molecule has 5 rings (SSSR count). The monoisotopic (exact) mass is 500 g/mol. The first-order chi connectivity index (χ1) is 17.7. The number of nitriles is 1. The number of aliphatic hydroxyl groups is 1. The lowest BCUT2D eigenvalue weighted by atomic mass is 9.63. The average molecular weight is 501 g/mol. The van der Waals surface area contributed by atoms with Crippen LogP contribution in [0.3, 0.4) is 0 Å². The second-order valence-electron chi connectivity index (χ2n) is 10.3. The van der Waals surface area contributed by atoms with E-state index in [-0.39, 0.29) is 28.9 Å². The fourth-order valence-electron chi connectivity index (χ4n) is 5.50. The Hall–Kier alpha value is -3.96. The molecule has 8 nitrogen and oxygen atoms in total. The minimum absolute atomic E-state index is 0.0803. The van der Waals surface area contributed by atoms with Crippen LogP contribution < -0.4 is 10.4 Å². The van der Waals surface area contributed by atoms with Crippen LogP contribution in [0.4, 0.5) is 0 Å². The number of hydrogen-bond acceptors (Lipinski definition) is 8. The largest absolute Gasteiger partial charge is 0.482 e. The Morgan fingerprint density at radius 3 is 2.65 bits per heavy atom. The zero-order valence-electron chi connectivity index (χ0n) is 20.9. The van der Waals surface area contributed by atoms with Crippen molar-refractivity contribution in [1.29, 1.82) is 5.26 Å². The zero-order valence-corrected chi connectivity index (χ0v) is 20.9. The van der Waals surface area contributed by atoms with Crippen molar-refractivity contribution in [2.45, 2.75) is 51.4 Å². The van der Waals surface area contributed by atoms with Crippen molar-refractivity contribution in [3.63, 3.8) is 0 Å². The minimum Gasteiger partial charge on any atom is -0.482 e. The Kier molecular flexibility index (Phi) is 6.34. The van der Waals surface area contributed by atoms with Gasteiger partial charge < -0.3 is 19.0 Å². The molecule has 0 spiro atoms. The van der Waals surface area contributed by atoms with E-state index >= 15 is 0 Å². The van der Waals surface area contributed by atoms with E-state index in [1.807, 2.05) is 13.0 Å². The summed E-state index contributed by atoms with van der Waals surface area (Å²) in [5.41, 5.74) is -0.303. The van der Waals surface area contributed by atoms with E-state index in [9.17, 15) is 14.7 Å². The lowest BCUT2D eigenvalue weighted by Crippen LogP contribution is -2.61. The summed E-state index contributed by atoms with van der Waals surface area (Å²) >= 11 is 0. The van der Waals surface area contributed by atoms with E-state index in [0.717, 1.165) is 0 Å². The van der Waals surface area contributed by atoms with Gasteiger partial charge in [0.2, 0.25) is 0 Å². The highest BCUT2D eigenvalue weighted by Gasteiger charge is 2.58. The topological polar surface area (TPSA) is 123 Å². The number of pyridine rings is 1. The summed E-state index contributed by atoms with van der Waals surface area (Å²) in [6, 6.07) is 13.4. The van der Waals surface area contributed by atoms with Gasteiger partial charge in [0.05, 0.1) is 23.3 Å². The van der Waals surface area contributed by atoms with E-state index < -0.39 is 35.3 Å². The number of aromatic nitrogens is 1. The molecule has 1 aliphatic heterocycles. The molecule has 0 radical (unpaired) electrons. The molecule has 2 aromatic heterocycles. The van der Waals surface area contributed by atoms with E-state index in [0.29, 0.717) is 29.5 Å². The van der Waals surface area contributed by atoms with E-state index in [2.05, 4.69) is 18.8 Å². The van der Waals surface area contributed by atoms with Gasteiger partial charge in [-0.3, -0.25) is 4.98 Å². The Morgan fingerprint density at radius 1 is 1.24 bits per heavy atom. The van der Waals surface area contributed by atoms with Gasteiger partial charge in [-0.25, -0.2) is 9.59 Å². The highest BCUT2D eigenvalue weighted by atomic mass is 16.6. The molecule has 2 aliphatic rings. The van der Waals surface area contributed by atoms with Crippen molar-refractivity contribution in [1.82, 2.24) is 4.98 Å². The first kappa shape index (κ1) is 24.7. The lowest BCUT2D eigenvalue weighted by Gasteiger charge is -2.53. The number of hydrogen-bond donors (Lipinski definition) is 1. The van der Waals surface area contributed by atoms with Crippen molar-refractivity contribution in [3.8, 4) is 23.1 Å². The Morgan fingerprint density at radius 2 is 2.00 bits per heavy atom. The Balaban J connectivity index is 1.53. The molecule has 1 N–H and O–H groups in total. The van der Waals surface area contributed by atoms with Crippen molar-refractivity contribution in [2.24, 2.45) is 17.8 Å². The molecular weight excluding hydrogens is 472 g/mol. The van der Waals surface area contributed by atoms with Gasteiger partial charge in [-0.1, -0.05) is 13.8 Å². The molecule has 0 amide bonds. The first-order valence-corrected chi connectivity index (χ1v) is 12.4. The molecule has 0 saturated heterocycles. The summed E-state index contributed by atoms with van der Waals surface area (Å²) in [6.45, 7) is 6.01. The van der Waals surface area contributed by atoms with Crippen LogP contribution in [0.25, 0.3) is 11.3 Å². The average Bonchev–Trinajstić information content (AvgIpc) is 2.89. The summed E-state index contributed by atoms with van der Waals surface area (Å²) in [4.78, 5) is 30.2. The number of benzene rings is 1. The predicted molar refractivity (Wildman–Crippen MR) is 134 cm³/mol. The van der Waals surface area contributed by atoms with Crippen LogP contribution in [0, 0.1) is 29.1 Å². The summed E-state index contributed by atoms with van der Waals surface area (Å²) < 4.78 is 18.1. The van der Waals surface area contributed by atoms with E-state index in [4.69, 9.17) is 19.2 Å². The van der Waals surface area contributed by atoms with Crippen LogP contribution in [-0.2, 0) is 4.74 Å². The fraction of sp³-hybridized carbons (Fsp3) is 0.379. The second-order valence-corrected chi connectivity index (χ2v) is 10.3. The Bertz CT molecular complexity index is 1410. The first-order valence-electron chi connectivity index (χ1n) is 12.4. The van der Waals surface area contributed by atoms with Crippen LogP contribution >= 0.6 is 0 Å². The molecule has 1 aromatic carbocycles. The van der Waals surface area contributed by atoms with Crippen molar-refractivity contribution >= 4 is 5.97 Å². The third kappa shape index (κ3) is 4.40. The number of esters is 1. The maximum atomic E-state index is 13.1. The zero-order chi connectivity index (χ0) is 26.3. The fourth-order valence-corrected chi connectivity index (χ4v) is 5.50. The number of ether oxygens (including phenoxy) is 2. The number of carbonyl (C=O) groups is 1. The number of carbonyl (C=O) groups excluding carboxylic acids is 1. The molecule has 1 fully saturated rings. The maximum absolute atomic E-state index is 13.1. The molecule has 190 valence electrons. The summed E-state index contributed by atoms with van der Waals surface area (Å²) in [5, 5.41) is 20.5. The standard InChI is InChI=1S/C29H28N2O6/c1-16(2)20-11-21-26(32)25-23(13-22(35-28(25)34)19-5-4-10-31-15-19)37-29(21,3)24(12-20)36-27(33)18-8-6-17(14-30)7-9-18/h4-10,13,15-16,20-21,24,26,32H,11-12H2,1-3H3/t20-,21-,24-,26-,29-/m0/s1. The summed E-state index contributed by atoms with van der Waals surface area (Å²) in [5.74, 6) is -0.146. The summed E-state index contributed by atoms with van der Waals surface area (Å²) in [6.07, 6.45) is 2.51. The van der Waals surface area contributed by atoms with Crippen LogP contribution in [-0.4, -0.2) is 27.8 Å². The van der Waals surface area contributed by atoms with Gasteiger partial charge in [-0.15, -0.1) is 0 Å². The quantitative estimate of drug-likeness (QED) is 0.513. The van der Waals surface area contributed by atoms with Crippen LogP contribution in [0.15, 0.2) is 64.1 Å². The molecule has 1 saturated carbocycles. The van der Waals surface area contributed by atoms with Gasteiger partial charge in [-0.05, 0) is 68.0 Å². The van der Waals surface area contributed by atoms with Crippen molar-refractivity contribution in [3.05, 3.63) is 82.0 Å². The van der Waals surface area contributed by atoms with E-state index in [1.54, 1.807) is 54.9 Å². The molecule has 37 heavy (non-hydrogen) atoms. The normalized spacial score (nSPS) is 26.4. The summed E-state index contributed by atoms with van der Waals surface area (Å²) in [7, 11) is 0. The van der Waals surface area contributed by atoms with Gasteiger partial charge in [0, 0.05) is 29.9 Å². The smallest absolute Gasteiger partial charge is 0.345 e. The van der Waals surface area contributed by atoms with Crippen LogP contribution in [0.5, 0.6) is 5.75 Å². The van der Waals surface area contributed by atoms with Gasteiger partial charge in [0.15, 0.2) is 0 Å².